The Bertz CT molecular complexity index is 12.8. The molecular formula is C3H10NOSi. The molecule has 0 atom stereocenters. The molecule has 0 aliphatic rings. The van der Waals surface area contributed by atoms with Gasteiger partial charge in [0.05, 0.1) is 0 Å². The predicted molar refractivity (Wildman–Crippen MR) is 27.3 cm³/mol. The van der Waals surface area contributed by atoms with E-state index in [1.807, 2.05) is 10.5 Å². The van der Waals surface area contributed by atoms with Gasteiger partial charge in [0.25, 0.3) is 0 Å². The predicted octanol–water partition coefficient (Wildman–Crippen LogP) is -0.583. The fourth-order valence-electron chi connectivity index (χ4n) is 0. The molecular weight excluding hydrogens is 94.1 g/mol. The van der Waals surface area contributed by atoms with Gasteiger partial charge in [-0.2, -0.15) is 0 Å². The van der Waals surface area contributed by atoms with Crippen molar-refractivity contribution in [1.82, 2.24) is 0 Å². The lowest BCUT2D eigenvalue weighted by Gasteiger charge is -1.70. The van der Waals surface area contributed by atoms with E-state index in [2.05, 4.69) is 6.92 Å². The summed E-state index contributed by atoms with van der Waals surface area (Å²) in [5.74, 6) is 0. The van der Waals surface area contributed by atoms with Gasteiger partial charge in [0.2, 0.25) is 10.5 Å². The summed E-state index contributed by atoms with van der Waals surface area (Å²) in [4.78, 5) is 6.81. The molecule has 0 spiro atoms. The molecule has 0 aliphatic carbocycles. The van der Waals surface area contributed by atoms with Crippen molar-refractivity contribution in [2.45, 2.75) is 13.3 Å². The second-order valence-corrected chi connectivity index (χ2v) is 0.789. The fourth-order valence-corrected chi connectivity index (χ4v) is 0. The van der Waals surface area contributed by atoms with Crippen molar-refractivity contribution < 1.29 is 4.80 Å². The second-order valence-electron chi connectivity index (χ2n) is 0.789. The van der Waals surface area contributed by atoms with Gasteiger partial charge in [-0.3, -0.25) is 0 Å². The van der Waals surface area contributed by atoms with Crippen molar-refractivity contribution >= 4 is 10.5 Å². The Morgan fingerprint density at radius 1 is 1.67 bits per heavy atom. The molecule has 37 valence electrons. The number of hydrogen-bond donors (Lipinski definition) is 2. The summed E-state index contributed by atoms with van der Waals surface area (Å²) < 4.78 is 0. The summed E-state index contributed by atoms with van der Waals surface area (Å²) in [5.41, 5.74) is 5.03. The van der Waals surface area contributed by atoms with Crippen molar-refractivity contribution in [1.29, 1.82) is 0 Å². The average Bonchev–Trinajstić information content (AvgIpc) is 1.72. The highest BCUT2D eigenvalue weighted by Crippen LogP contribution is 1.57. The molecule has 6 heavy (non-hydrogen) atoms. The SMILES string of the molecule is CCCN.O[Si]. The zero-order chi connectivity index (χ0) is 5.41. The molecule has 0 aromatic heterocycles. The summed E-state index contributed by atoms with van der Waals surface area (Å²) in [6.07, 6.45) is 1.10. The maximum Gasteiger partial charge on any atom is 0.240 e. The first-order valence-electron chi connectivity index (χ1n) is 1.84. The highest BCUT2D eigenvalue weighted by Gasteiger charge is 1.55. The van der Waals surface area contributed by atoms with Crippen LogP contribution in [0.3, 0.4) is 0 Å². The van der Waals surface area contributed by atoms with Gasteiger partial charge in [-0.15, -0.1) is 0 Å². The van der Waals surface area contributed by atoms with Crippen molar-refractivity contribution in [3.63, 3.8) is 0 Å². The van der Waals surface area contributed by atoms with Gasteiger partial charge in [-0.1, -0.05) is 6.92 Å². The topological polar surface area (TPSA) is 46.2 Å². The maximum absolute atomic E-state index is 6.81. The van der Waals surface area contributed by atoms with Crippen LogP contribution in [0.15, 0.2) is 0 Å². The van der Waals surface area contributed by atoms with E-state index in [0.29, 0.717) is 0 Å². The van der Waals surface area contributed by atoms with E-state index in [-0.39, 0.29) is 0 Å². The Hall–Kier alpha value is 0.137. The third-order valence-corrected chi connectivity index (χ3v) is 0.289. The smallest absolute Gasteiger partial charge is 0.240 e. The van der Waals surface area contributed by atoms with E-state index in [0.717, 1.165) is 13.0 Å². The molecule has 0 aromatic rings. The first kappa shape index (κ1) is 9.46. The van der Waals surface area contributed by atoms with Crippen molar-refractivity contribution in [3.8, 4) is 0 Å². The van der Waals surface area contributed by atoms with Gasteiger partial charge in [-0.05, 0) is 13.0 Å². The van der Waals surface area contributed by atoms with Gasteiger partial charge in [0.1, 0.15) is 0 Å². The average molecular weight is 104 g/mol. The molecule has 0 aromatic carbocycles. The van der Waals surface area contributed by atoms with Crippen LogP contribution >= 0.6 is 0 Å². The van der Waals surface area contributed by atoms with Gasteiger partial charge in [-0.25, -0.2) is 0 Å². The maximum atomic E-state index is 6.81. The molecule has 0 amide bonds. The lowest BCUT2D eigenvalue weighted by Crippen LogP contribution is -1.93. The van der Waals surface area contributed by atoms with Gasteiger partial charge < -0.3 is 10.5 Å². The third kappa shape index (κ3) is 31.5. The lowest BCUT2D eigenvalue weighted by molar-refractivity contribution is 0.629. The number of rotatable bonds is 1. The van der Waals surface area contributed by atoms with Crippen molar-refractivity contribution in [2.75, 3.05) is 6.54 Å². The molecule has 0 saturated carbocycles. The summed E-state index contributed by atoms with van der Waals surface area (Å²) in [7, 11) is 1.97. The van der Waals surface area contributed by atoms with E-state index < -0.39 is 0 Å². The van der Waals surface area contributed by atoms with E-state index in [1.165, 1.54) is 0 Å². The minimum Gasteiger partial charge on any atom is -0.433 e. The Morgan fingerprint density at radius 2 is 1.83 bits per heavy atom. The van der Waals surface area contributed by atoms with Crippen LogP contribution in [0.4, 0.5) is 0 Å². The normalized spacial score (nSPS) is 6.00. The molecule has 0 heterocycles. The van der Waals surface area contributed by atoms with Crippen LogP contribution in [0.25, 0.3) is 0 Å². The van der Waals surface area contributed by atoms with Crippen LogP contribution in [0.5, 0.6) is 0 Å². The van der Waals surface area contributed by atoms with Crippen molar-refractivity contribution in [3.05, 3.63) is 0 Å². The number of hydrogen-bond acceptors (Lipinski definition) is 2. The summed E-state index contributed by atoms with van der Waals surface area (Å²) in [6.45, 7) is 2.88. The van der Waals surface area contributed by atoms with Gasteiger partial charge >= 0.3 is 0 Å². The van der Waals surface area contributed by atoms with Crippen LogP contribution in [0.2, 0.25) is 0 Å². The van der Waals surface area contributed by atoms with Crippen LogP contribution in [0.1, 0.15) is 13.3 Å². The Morgan fingerprint density at radius 3 is 1.83 bits per heavy atom. The zero-order valence-corrected chi connectivity index (χ0v) is 4.94. The second kappa shape index (κ2) is 19.3. The molecule has 0 aliphatic heterocycles. The Kier molecular flexibility index (Phi) is 30.4. The quantitative estimate of drug-likeness (QED) is 0.437. The first-order chi connectivity index (χ1) is 2.91. The van der Waals surface area contributed by atoms with E-state index in [1.54, 1.807) is 0 Å². The molecule has 0 unspecified atom stereocenters. The zero-order valence-electron chi connectivity index (χ0n) is 3.94. The van der Waals surface area contributed by atoms with E-state index in [4.69, 9.17) is 10.5 Å². The number of nitrogens with two attached hydrogens (primary N) is 1. The molecule has 0 rings (SSSR count). The fraction of sp³-hybridized carbons (Fsp3) is 1.00. The monoisotopic (exact) mass is 104 g/mol. The highest BCUT2D eigenvalue weighted by atomic mass is 28.2. The Balaban J connectivity index is 0. The molecule has 3 radical (unpaired) electrons. The third-order valence-electron chi connectivity index (χ3n) is 0.289. The van der Waals surface area contributed by atoms with E-state index >= 15 is 0 Å². The van der Waals surface area contributed by atoms with Gasteiger partial charge in [0.15, 0.2) is 0 Å². The largest absolute Gasteiger partial charge is 0.433 e. The van der Waals surface area contributed by atoms with E-state index in [9.17, 15) is 0 Å². The summed E-state index contributed by atoms with van der Waals surface area (Å²) >= 11 is 0. The molecule has 0 bridgehead atoms. The van der Waals surface area contributed by atoms with Crippen LogP contribution in [0, 0.1) is 0 Å². The van der Waals surface area contributed by atoms with Crippen LogP contribution in [-0.2, 0) is 0 Å². The molecule has 3 N–H and O–H groups in total. The summed E-state index contributed by atoms with van der Waals surface area (Å²) in [5, 5.41) is 0. The van der Waals surface area contributed by atoms with Crippen LogP contribution < -0.4 is 5.73 Å². The van der Waals surface area contributed by atoms with Crippen LogP contribution in [-0.4, -0.2) is 21.8 Å². The van der Waals surface area contributed by atoms with Gasteiger partial charge in [0, 0.05) is 0 Å². The first-order valence-corrected chi connectivity index (χ1v) is 2.29. The van der Waals surface area contributed by atoms with Crippen molar-refractivity contribution in [2.24, 2.45) is 5.73 Å². The Labute approximate surface area is 41.9 Å². The highest BCUT2D eigenvalue weighted by molar-refractivity contribution is 5.95. The molecule has 3 heteroatoms. The molecule has 2 nitrogen and oxygen atoms in total. The molecule has 0 saturated heterocycles. The molecule has 0 fully saturated rings. The standard InChI is InChI=1S/C3H9N.HOSi/c1-2-3-4;1-2/h2-4H2,1H3;1H. The lowest BCUT2D eigenvalue weighted by atomic mass is 10.5. The minimum absolute atomic E-state index is 0.819. The summed E-state index contributed by atoms with van der Waals surface area (Å²) in [6, 6.07) is 0. The minimum atomic E-state index is 0.819.